The lowest BCUT2D eigenvalue weighted by atomic mass is 10.2. The Morgan fingerprint density at radius 2 is 2.10 bits per heavy atom. The summed E-state index contributed by atoms with van der Waals surface area (Å²) < 4.78 is 0. The molecule has 0 radical (unpaired) electrons. The number of carboxylic acids is 1. The van der Waals surface area contributed by atoms with Gasteiger partial charge in [-0.25, -0.2) is 0 Å². The van der Waals surface area contributed by atoms with Crippen molar-refractivity contribution in [1.29, 1.82) is 5.26 Å². The first-order chi connectivity index (χ1) is 10.1. The van der Waals surface area contributed by atoms with Crippen LogP contribution >= 0.6 is 0 Å². The Labute approximate surface area is 123 Å². The third-order valence-electron chi connectivity index (χ3n) is 3.57. The number of rotatable bonds is 5. The lowest BCUT2D eigenvalue weighted by molar-refractivity contribution is -0.142. The molecule has 1 aromatic carbocycles. The number of anilines is 1. The van der Waals surface area contributed by atoms with E-state index in [2.05, 4.69) is 5.32 Å². The number of nitriles is 1. The third kappa shape index (κ3) is 4.04. The number of hydrogen-bond acceptors (Lipinski definition) is 4. The van der Waals surface area contributed by atoms with E-state index in [9.17, 15) is 9.59 Å². The molecule has 1 aromatic rings. The molecule has 0 bridgehead atoms. The number of aliphatic carboxylic acids is 1. The molecule has 0 aromatic heterocycles. The number of hydrogen-bond donors (Lipinski definition) is 2. The van der Waals surface area contributed by atoms with Crippen molar-refractivity contribution in [3.63, 3.8) is 0 Å². The topological polar surface area (TPSA) is 93.4 Å². The van der Waals surface area contributed by atoms with Gasteiger partial charge in [-0.2, -0.15) is 5.26 Å². The zero-order valence-electron chi connectivity index (χ0n) is 11.6. The van der Waals surface area contributed by atoms with Crippen molar-refractivity contribution in [2.75, 3.05) is 18.4 Å². The van der Waals surface area contributed by atoms with Crippen LogP contribution in [0.2, 0.25) is 0 Å². The first kappa shape index (κ1) is 15.0. The minimum absolute atomic E-state index is 0.157. The zero-order valence-corrected chi connectivity index (χ0v) is 11.6. The predicted molar refractivity (Wildman–Crippen MR) is 76.6 cm³/mol. The maximum atomic E-state index is 11.8. The van der Waals surface area contributed by atoms with Gasteiger partial charge in [-0.1, -0.05) is 0 Å². The fourth-order valence-electron chi connectivity index (χ4n) is 2.47. The van der Waals surface area contributed by atoms with Crippen LogP contribution in [0.25, 0.3) is 0 Å². The SMILES string of the molecule is N#Cc1ccc(NC(=O)CCN2CCCC2C(=O)O)cc1. The second kappa shape index (κ2) is 6.86. The van der Waals surface area contributed by atoms with E-state index in [4.69, 9.17) is 10.4 Å². The van der Waals surface area contributed by atoms with E-state index in [1.54, 1.807) is 24.3 Å². The van der Waals surface area contributed by atoms with Crippen molar-refractivity contribution in [2.45, 2.75) is 25.3 Å². The van der Waals surface area contributed by atoms with Crippen molar-refractivity contribution in [3.05, 3.63) is 29.8 Å². The Morgan fingerprint density at radius 1 is 1.38 bits per heavy atom. The van der Waals surface area contributed by atoms with Crippen LogP contribution in [0.4, 0.5) is 5.69 Å². The summed E-state index contributed by atoms with van der Waals surface area (Å²) in [5.74, 6) is -0.976. The Morgan fingerprint density at radius 3 is 2.71 bits per heavy atom. The molecule has 1 amide bonds. The van der Waals surface area contributed by atoms with Crippen molar-refractivity contribution in [1.82, 2.24) is 4.90 Å². The second-order valence-corrected chi connectivity index (χ2v) is 5.02. The molecule has 1 unspecified atom stereocenters. The summed E-state index contributed by atoms with van der Waals surface area (Å²) in [6.45, 7) is 1.17. The molecule has 0 saturated carbocycles. The van der Waals surface area contributed by atoms with E-state index >= 15 is 0 Å². The predicted octanol–water partition coefficient (Wildman–Crippen LogP) is 1.44. The van der Waals surface area contributed by atoms with E-state index in [0.29, 0.717) is 24.2 Å². The van der Waals surface area contributed by atoms with Crippen LogP contribution in [0.3, 0.4) is 0 Å². The Bertz CT molecular complexity index is 563. The minimum atomic E-state index is -0.819. The molecule has 21 heavy (non-hydrogen) atoms. The third-order valence-corrected chi connectivity index (χ3v) is 3.57. The van der Waals surface area contributed by atoms with Gasteiger partial charge in [0.15, 0.2) is 0 Å². The Hall–Kier alpha value is -2.39. The molecular weight excluding hydrogens is 270 g/mol. The average molecular weight is 287 g/mol. The van der Waals surface area contributed by atoms with E-state index in [1.807, 2.05) is 11.0 Å². The molecule has 2 rings (SSSR count). The van der Waals surface area contributed by atoms with Crippen LogP contribution in [0.1, 0.15) is 24.8 Å². The van der Waals surface area contributed by atoms with Crippen LogP contribution in [-0.4, -0.2) is 41.0 Å². The van der Waals surface area contributed by atoms with Crippen molar-refractivity contribution < 1.29 is 14.7 Å². The molecule has 110 valence electrons. The number of carbonyl (C=O) groups excluding carboxylic acids is 1. The molecule has 1 aliphatic rings. The molecule has 1 fully saturated rings. The molecule has 1 aliphatic heterocycles. The quantitative estimate of drug-likeness (QED) is 0.854. The molecule has 1 heterocycles. The summed E-state index contributed by atoms with van der Waals surface area (Å²) in [6.07, 6.45) is 1.75. The van der Waals surface area contributed by atoms with Crippen LogP contribution in [-0.2, 0) is 9.59 Å². The highest BCUT2D eigenvalue weighted by molar-refractivity contribution is 5.90. The van der Waals surface area contributed by atoms with E-state index < -0.39 is 12.0 Å². The lowest BCUT2D eigenvalue weighted by Gasteiger charge is -2.20. The molecule has 1 saturated heterocycles. The highest BCUT2D eigenvalue weighted by atomic mass is 16.4. The number of nitrogens with one attached hydrogen (secondary N) is 1. The van der Waals surface area contributed by atoms with Gasteiger partial charge in [0.2, 0.25) is 5.91 Å². The van der Waals surface area contributed by atoms with Gasteiger partial charge in [-0.3, -0.25) is 14.5 Å². The molecule has 6 nitrogen and oxygen atoms in total. The standard InChI is InChI=1S/C15H17N3O3/c16-10-11-3-5-12(6-4-11)17-14(19)7-9-18-8-1-2-13(18)15(20)21/h3-6,13H,1-2,7-9H2,(H,17,19)(H,20,21). The van der Waals surface area contributed by atoms with E-state index in [1.165, 1.54) is 0 Å². The van der Waals surface area contributed by atoms with Crippen molar-refractivity contribution in [3.8, 4) is 6.07 Å². The van der Waals surface area contributed by atoms with Gasteiger partial charge < -0.3 is 10.4 Å². The molecule has 2 N–H and O–H groups in total. The van der Waals surface area contributed by atoms with Gasteiger partial charge in [0.1, 0.15) is 6.04 Å². The summed E-state index contributed by atoms with van der Waals surface area (Å²) in [6, 6.07) is 8.16. The normalized spacial score (nSPS) is 18.1. The maximum absolute atomic E-state index is 11.8. The highest BCUT2D eigenvalue weighted by Gasteiger charge is 2.30. The average Bonchev–Trinajstić information content (AvgIpc) is 2.94. The smallest absolute Gasteiger partial charge is 0.320 e. The largest absolute Gasteiger partial charge is 0.480 e. The fraction of sp³-hybridized carbons (Fsp3) is 0.400. The lowest BCUT2D eigenvalue weighted by Crippen LogP contribution is -2.37. The monoisotopic (exact) mass is 287 g/mol. The van der Waals surface area contributed by atoms with E-state index in [-0.39, 0.29) is 12.3 Å². The number of nitrogens with zero attached hydrogens (tertiary/aromatic N) is 2. The summed E-state index contributed by atoms with van der Waals surface area (Å²) >= 11 is 0. The van der Waals surface area contributed by atoms with Gasteiger partial charge >= 0.3 is 5.97 Å². The molecule has 0 spiro atoms. The molecular formula is C15H17N3O3. The van der Waals surface area contributed by atoms with Crippen LogP contribution in [0.5, 0.6) is 0 Å². The maximum Gasteiger partial charge on any atom is 0.320 e. The first-order valence-electron chi connectivity index (χ1n) is 6.87. The zero-order chi connectivity index (χ0) is 15.2. The van der Waals surface area contributed by atoms with Crippen LogP contribution < -0.4 is 5.32 Å². The van der Waals surface area contributed by atoms with Crippen molar-refractivity contribution in [2.24, 2.45) is 0 Å². The van der Waals surface area contributed by atoms with E-state index in [0.717, 1.165) is 13.0 Å². The summed E-state index contributed by atoms with van der Waals surface area (Å²) in [5, 5.41) is 20.5. The molecule has 6 heteroatoms. The molecule has 1 atom stereocenters. The number of carbonyl (C=O) groups is 2. The second-order valence-electron chi connectivity index (χ2n) is 5.02. The number of carboxylic acid groups (broad SMARTS) is 1. The van der Waals surface area contributed by atoms with Gasteiger partial charge in [0.25, 0.3) is 0 Å². The van der Waals surface area contributed by atoms with Crippen LogP contribution in [0, 0.1) is 11.3 Å². The first-order valence-corrected chi connectivity index (χ1v) is 6.87. The number of amides is 1. The summed E-state index contributed by atoms with van der Waals surface area (Å²) in [7, 11) is 0. The van der Waals surface area contributed by atoms with Gasteiger partial charge in [0, 0.05) is 18.7 Å². The Balaban J connectivity index is 1.82. The van der Waals surface area contributed by atoms with Gasteiger partial charge in [-0.05, 0) is 43.7 Å². The highest BCUT2D eigenvalue weighted by Crippen LogP contribution is 2.17. The molecule has 0 aliphatic carbocycles. The van der Waals surface area contributed by atoms with Gasteiger partial charge in [-0.15, -0.1) is 0 Å². The number of benzene rings is 1. The van der Waals surface area contributed by atoms with Crippen molar-refractivity contribution >= 4 is 17.6 Å². The Kier molecular flexibility index (Phi) is 4.90. The summed E-state index contributed by atoms with van der Waals surface area (Å²) in [5.41, 5.74) is 1.17. The minimum Gasteiger partial charge on any atom is -0.480 e. The number of likely N-dealkylation sites (tertiary alicyclic amines) is 1. The van der Waals surface area contributed by atoms with Gasteiger partial charge in [0.05, 0.1) is 11.6 Å². The summed E-state index contributed by atoms with van der Waals surface area (Å²) in [4.78, 5) is 24.7. The van der Waals surface area contributed by atoms with Crippen LogP contribution in [0.15, 0.2) is 24.3 Å². The fourth-order valence-corrected chi connectivity index (χ4v) is 2.47.